The molecule has 132 valence electrons. The summed E-state index contributed by atoms with van der Waals surface area (Å²) >= 11 is 0. The highest BCUT2D eigenvalue weighted by Gasteiger charge is 2.13. The fraction of sp³-hybridized carbons (Fsp3) is 0. The number of phenolic OH excluding ortho intramolecular Hbond substituents is 2. The summed E-state index contributed by atoms with van der Waals surface area (Å²) in [6, 6.07) is 32.6. The zero-order valence-electron chi connectivity index (χ0n) is 14.7. The zero-order valence-corrected chi connectivity index (χ0v) is 14.7. The fourth-order valence-corrected chi connectivity index (χ4v) is 3.14. The van der Waals surface area contributed by atoms with Gasteiger partial charge in [-0.25, -0.2) is 0 Å². The number of nitrogens with zero attached hydrogens (tertiary/aromatic N) is 1. The van der Waals surface area contributed by atoms with Gasteiger partial charge >= 0.3 is 0 Å². The lowest BCUT2D eigenvalue weighted by Gasteiger charge is -2.25. The molecule has 0 fully saturated rings. The molecule has 0 heterocycles. The van der Waals surface area contributed by atoms with Crippen LogP contribution >= 0.6 is 0 Å². The van der Waals surface area contributed by atoms with E-state index < -0.39 is 0 Å². The number of hydrogen-bond donors (Lipinski definition) is 2. The molecule has 27 heavy (non-hydrogen) atoms. The second-order valence-corrected chi connectivity index (χ2v) is 6.29. The van der Waals surface area contributed by atoms with Gasteiger partial charge in [-0.2, -0.15) is 0 Å². The van der Waals surface area contributed by atoms with Gasteiger partial charge < -0.3 is 15.1 Å². The van der Waals surface area contributed by atoms with Crippen LogP contribution in [0.3, 0.4) is 0 Å². The van der Waals surface area contributed by atoms with E-state index in [2.05, 4.69) is 24.3 Å². The van der Waals surface area contributed by atoms with Gasteiger partial charge in [0.25, 0.3) is 0 Å². The smallest absolute Gasteiger partial charge is 0.117 e. The van der Waals surface area contributed by atoms with Gasteiger partial charge in [-0.15, -0.1) is 0 Å². The van der Waals surface area contributed by atoms with Gasteiger partial charge in [-0.05, 0) is 47.5 Å². The third-order valence-electron chi connectivity index (χ3n) is 4.41. The maximum absolute atomic E-state index is 9.93. The summed E-state index contributed by atoms with van der Waals surface area (Å²) in [7, 11) is 0. The molecule has 0 aliphatic rings. The van der Waals surface area contributed by atoms with E-state index in [0.29, 0.717) is 0 Å². The number of anilines is 3. The summed E-state index contributed by atoms with van der Waals surface area (Å²) in [5.41, 5.74) is 4.85. The summed E-state index contributed by atoms with van der Waals surface area (Å²) in [4.78, 5) is 1.99. The number of aromatic hydroxyl groups is 2. The Hall–Kier alpha value is -3.72. The molecule has 0 radical (unpaired) electrons. The average Bonchev–Trinajstić information content (AvgIpc) is 2.70. The first-order valence-electron chi connectivity index (χ1n) is 8.74. The maximum Gasteiger partial charge on any atom is 0.117 e. The summed E-state index contributed by atoms with van der Waals surface area (Å²) in [6.07, 6.45) is 0. The lowest BCUT2D eigenvalue weighted by atomic mass is 10.0. The monoisotopic (exact) mass is 353 g/mol. The van der Waals surface area contributed by atoms with E-state index in [1.807, 2.05) is 47.4 Å². The van der Waals surface area contributed by atoms with Crippen molar-refractivity contribution in [1.82, 2.24) is 0 Å². The molecule has 0 amide bonds. The van der Waals surface area contributed by atoms with Crippen molar-refractivity contribution in [3.63, 3.8) is 0 Å². The van der Waals surface area contributed by atoms with Crippen LogP contribution in [0.25, 0.3) is 11.1 Å². The topological polar surface area (TPSA) is 43.7 Å². The van der Waals surface area contributed by atoms with Crippen molar-refractivity contribution in [2.75, 3.05) is 4.90 Å². The first-order valence-corrected chi connectivity index (χ1v) is 8.74. The third-order valence-corrected chi connectivity index (χ3v) is 4.41. The largest absolute Gasteiger partial charge is 0.508 e. The highest BCUT2D eigenvalue weighted by atomic mass is 16.3. The molecule has 4 aromatic rings. The Morgan fingerprint density at radius 1 is 0.444 bits per heavy atom. The van der Waals surface area contributed by atoms with Gasteiger partial charge in [-0.1, -0.05) is 54.6 Å². The van der Waals surface area contributed by atoms with E-state index in [9.17, 15) is 10.2 Å². The molecule has 4 rings (SSSR count). The number of benzene rings is 4. The minimum absolute atomic E-state index is 0.193. The molecule has 0 bridgehead atoms. The summed E-state index contributed by atoms with van der Waals surface area (Å²) in [6.45, 7) is 0. The van der Waals surface area contributed by atoms with Crippen molar-refractivity contribution in [3.05, 3.63) is 103 Å². The van der Waals surface area contributed by atoms with Crippen molar-refractivity contribution in [2.45, 2.75) is 0 Å². The molecule has 0 saturated carbocycles. The van der Waals surface area contributed by atoms with E-state index in [4.69, 9.17) is 0 Å². The molecular formula is C24H19NO2. The number of hydrogen-bond acceptors (Lipinski definition) is 3. The first-order chi connectivity index (χ1) is 13.2. The molecule has 3 nitrogen and oxygen atoms in total. The minimum atomic E-state index is 0.193. The maximum atomic E-state index is 9.93. The van der Waals surface area contributed by atoms with Crippen molar-refractivity contribution < 1.29 is 10.2 Å². The van der Waals surface area contributed by atoms with Crippen LogP contribution < -0.4 is 4.90 Å². The van der Waals surface area contributed by atoms with Crippen LogP contribution in [0.1, 0.15) is 0 Å². The van der Waals surface area contributed by atoms with Crippen molar-refractivity contribution in [3.8, 4) is 22.6 Å². The second-order valence-electron chi connectivity index (χ2n) is 6.29. The Balaban J connectivity index is 1.79. The van der Waals surface area contributed by atoms with Crippen LogP contribution in [-0.2, 0) is 0 Å². The molecule has 4 aromatic carbocycles. The quantitative estimate of drug-likeness (QED) is 0.457. The summed E-state index contributed by atoms with van der Waals surface area (Å²) in [5.74, 6) is 0.386. The van der Waals surface area contributed by atoms with Crippen LogP contribution in [0.4, 0.5) is 17.1 Å². The Bertz CT molecular complexity index is 998. The molecule has 0 saturated heterocycles. The molecule has 0 aromatic heterocycles. The highest BCUT2D eigenvalue weighted by molar-refractivity contribution is 5.79. The van der Waals surface area contributed by atoms with Gasteiger partial charge in [0, 0.05) is 29.2 Å². The van der Waals surface area contributed by atoms with Crippen molar-refractivity contribution in [1.29, 1.82) is 0 Å². The van der Waals surface area contributed by atoms with Gasteiger partial charge in [0.05, 0.1) is 0 Å². The van der Waals surface area contributed by atoms with E-state index in [1.165, 1.54) is 0 Å². The molecule has 3 heteroatoms. The van der Waals surface area contributed by atoms with E-state index >= 15 is 0 Å². The van der Waals surface area contributed by atoms with Crippen molar-refractivity contribution >= 4 is 17.1 Å². The van der Waals surface area contributed by atoms with Gasteiger partial charge in [0.15, 0.2) is 0 Å². The minimum Gasteiger partial charge on any atom is -0.508 e. The second kappa shape index (κ2) is 7.26. The predicted molar refractivity (Wildman–Crippen MR) is 110 cm³/mol. The third kappa shape index (κ3) is 3.62. The van der Waals surface area contributed by atoms with Crippen LogP contribution in [-0.4, -0.2) is 10.2 Å². The normalized spacial score (nSPS) is 10.5. The Morgan fingerprint density at radius 3 is 1.48 bits per heavy atom. The molecule has 0 unspecified atom stereocenters. The average molecular weight is 353 g/mol. The van der Waals surface area contributed by atoms with E-state index in [1.54, 1.807) is 36.4 Å². The summed E-state index contributed by atoms with van der Waals surface area (Å²) < 4.78 is 0. The lowest BCUT2D eigenvalue weighted by Crippen LogP contribution is -2.09. The van der Waals surface area contributed by atoms with E-state index in [0.717, 1.165) is 28.2 Å². The number of phenols is 2. The van der Waals surface area contributed by atoms with Crippen LogP contribution in [0.5, 0.6) is 11.5 Å². The van der Waals surface area contributed by atoms with Crippen LogP contribution in [0.2, 0.25) is 0 Å². The van der Waals surface area contributed by atoms with Crippen molar-refractivity contribution in [2.24, 2.45) is 0 Å². The Kier molecular flexibility index (Phi) is 4.50. The molecule has 0 aliphatic heterocycles. The molecule has 2 N–H and O–H groups in total. The standard InChI is InChI=1S/C24H19NO2/c26-23-10-4-8-21(16-23)25(22-9-5-11-24(27)17-22)20-14-12-19(13-15-20)18-6-2-1-3-7-18/h1-17,26-27H. The SMILES string of the molecule is Oc1cccc(N(c2ccc(-c3ccccc3)cc2)c2cccc(O)c2)c1. The molecule has 0 spiro atoms. The van der Waals surface area contributed by atoms with Crippen LogP contribution in [0.15, 0.2) is 103 Å². The molecular weight excluding hydrogens is 334 g/mol. The number of rotatable bonds is 4. The first kappa shape index (κ1) is 16.7. The Labute approximate surface area is 158 Å². The molecule has 0 atom stereocenters. The van der Waals surface area contributed by atoms with Gasteiger partial charge in [0.1, 0.15) is 11.5 Å². The van der Waals surface area contributed by atoms with Gasteiger partial charge in [0.2, 0.25) is 0 Å². The van der Waals surface area contributed by atoms with Crippen LogP contribution in [0, 0.1) is 0 Å². The predicted octanol–water partition coefficient (Wildman–Crippen LogP) is 6.23. The Morgan fingerprint density at radius 2 is 0.963 bits per heavy atom. The lowest BCUT2D eigenvalue weighted by molar-refractivity contribution is 0.475. The van der Waals surface area contributed by atoms with Gasteiger partial charge in [-0.3, -0.25) is 0 Å². The summed E-state index contributed by atoms with van der Waals surface area (Å²) in [5, 5.41) is 19.9. The molecule has 0 aliphatic carbocycles. The highest BCUT2D eigenvalue weighted by Crippen LogP contribution is 2.37. The van der Waals surface area contributed by atoms with E-state index in [-0.39, 0.29) is 11.5 Å². The fourth-order valence-electron chi connectivity index (χ4n) is 3.14. The zero-order chi connectivity index (χ0) is 18.6.